The molecule has 0 bridgehead atoms. The first-order valence-electron chi connectivity index (χ1n) is 6.71. The summed E-state index contributed by atoms with van der Waals surface area (Å²) >= 11 is 8.71. The van der Waals surface area contributed by atoms with Gasteiger partial charge in [0.05, 0.1) is 22.4 Å². The molecule has 0 aliphatic carbocycles. The van der Waals surface area contributed by atoms with E-state index >= 15 is 0 Å². The zero-order chi connectivity index (χ0) is 16.6. The van der Waals surface area contributed by atoms with Gasteiger partial charge in [-0.2, -0.15) is 5.11 Å². The van der Waals surface area contributed by atoms with Gasteiger partial charge in [-0.05, 0) is 24.3 Å². The molecule has 7 heteroatoms. The summed E-state index contributed by atoms with van der Waals surface area (Å²) in [6.45, 7) is 0. The first-order chi connectivity index (χ1) is 11.0. The van der Waals surface area contributed by atoms with E-state index in [1.165, 1.54) is 0 Å². The maximum Gasteiger partial charge on any atom is 0.153 e. The lowest BCUT2D eigenvalue weighted by Crippen LogP contribution is -1.97. The quantitative estimate of drug-likeness (QED) is 0.265. The lowest BCUT2D eigenvalue weighted by atomic mass is 10.1. The SMILES string of the molecule is Nc1c(S)cc2c(S)cc(N=Nc3ccccc3)c(O)c2c1N. The minimum absolute atomic E-state index is 0.0879. The Balaban J connectivity index is 2.20. The summed E-state index contributed by atoms with van der Waals surface area (Å²) in [4.78, 5) is 1.13. The van der Waals surface area contributed by atoms with Crippen LogP contribution in [0, 0.1) is 0 Å². The van der Waals surface area contributed by atoms with Crippen molar-refractivity contribution >= 4 is 58.8 Å². The van der Waals surface area contributed by atoms with Gasteiger partial charge in [-0.25, -0.2) is 0 Å². The van der Waals surface area contributed by atoms with Crippen LogP contribution in [0.5, 0.6) is 5.75 Å². The number of nitrogen functional groups attached to an aromatic ring is 2. The molecule has 0 saturated heterocycles. The third-order valence-electron chi connectivity index (χ3n) is 3.44. The number of aromatic hydroxyl groups is 1. The van der Waals surface area contributed by atoms with Gasteiger partial charge in [0, 0.05) is 15.2 Å². The largest absolute Gasteiger partial charge is 0.505 e. The molecule has 3 aromatic rings. The van der Waals surface area contributed by atoms with Crippen molar-refractivity contribution in [1.29, 1.82) is 0 Å². The number of benzene rings is 3. The standard InChI is InChI=1S/C16H14N4OS2/c17-14-12(23)6-9-11(22)7-10(16(21)13(9)15(14)18)20-19-8-4-2-1-3-5-8/h1-7,21-23H,17-18H2. The average Bonchev–Trinajstić information content (AvgIpc) is 2.55. The van der Waals surface area contributed by atoms with Crippen LogP contribution in [0.2, 0.25) is 0 Å². The second-order valence-electron chi connectivity index (χ2n) is 4.94. The molecule has 116 valence electrons. The van der Waals surface area contributed by atoms with Crippen molar-refractivity contribution in [3.63, 3.8) is 0 Å². The lowest BCUT2D eigenvalue weighted by molar-refractivity contribution is 0.482. The maximum absolute atomic E-state index is 10.5. The van der Waals surface area contributed by atoms with E-state index in [4.69, 9.17) is 11.5 Å². The molecule has 0 spiro atoms. The molecule has 3 aromatic carbocycles. The third kappa shape index (κ3) is 2.80. The Morgan fingerprint density at radius 3 is 2.26 bits per heavy atom. The van der Waals surface area contributed by atoms with Crippen LogP contribution in [0.25, 0.3) is 10.8 Å². The summed E-state index contributed by atoms with van der Waals surface area (Å²) in [5.74, 6) is -0.0879. The van der Waals surface area contributed by atoms with Gasteiger partial charge in [0.15, 0.2) is 5.75 Å². The van der Waals surface area contributed by atoms with Gasteiger partial charge in [0.2, 0.25) is 0 Å². The molecule has 0 amide bonds. The molecule has 0 saturated carbocycles. The van der Waals surface area contributed by atoms with Crippen molar-refractivity contribution in [1.82, 2.24) is 0 Å². The Morgan fingerprint density at radius 2 is 1.57 bits per heavy atom. The number of phenols is 1. The summed E-state index contributed by atoms with van der Waals surface area (Å²) in [6, 6.07) is 12.5. The fraction of sp³-hybridized carbons (Fsp3) is 0. The highest BCUT2D eigenvalue weighted by molar-refractivity contribution is 7.80. The van der Waals surface area contributed by atoms with E-state index in [0.717, 1.165) is 0 Å². The summed E-state index contributed by atoms with van der Waals surface area (Å²) in [7, 11) is 0. The van der Waals surface area contributed by atoms with Crippen molar-refractivity contribution in [2.24, 2.45) is 10.2 Å². The van der Waals surface area contributed by atoms with Gasteiger partial charge in [-0.1, -0.05) is 18.2 Å². The number of hydrogen-bond acceptors (Lipinski definition) is 7. The van der Waals surface area contributed by atoms with E-state index in [-0.39, 0.29) is 17.1 Å². The van der Waals surface area contributed by atoms with Gasteiger partial charge in [-0.15, -0.1) is 30.4 Å². The Labute approximate surface area is 143 Å². The summed E-state index contributed by atoms with van der Waals surface area (Å²) in [5.41, 5.74) is 13.4. The molecule has 0 heterocycles. The number of fused-ring (bicyclic) bond motifs is 1. The molecule has 5 nitrogen and oxygen atoms in total. The van der Waals surface area contributed by atoms with Gasteiger partial charge >= 0.3 is 0 Å². The summed E-state index contributed by atoms with van der Waals surface area (Å²) in [6.07, 6.45) is 0. The number of anilines is 2. The number of azo groups is 1. The van der Waals surface area contributed by atoms with Crippen LogP contribution in [-0.4, -0.2) is 5.11 Å². The van der Waals surface area contributed by atoms with E-state index in [2.05, 4.69) is 35.5 Å². The highest BCUT2D eigenvalue weighted by Gasteiger charge is 2.16. The summed E-state index contributed by atoms with van der Waals surface area (Å²) < 4.78 is 0. The van der Waals surface area contributed by atoms with Crippen LogP contribution in [0.1, 0.15) is 0 Å². The fourth-order valence-corrected chi connectivity index (χ4v) is 2.80. The van der Waals surface area contributed by atoms with Crippen molar-refractivity contribution < 1.29 is 5.11 Å². The van der Waals surface area contributed by atoms with Crippen LogP contribution in [0.15, 0.2) is 62.5 Å². The summed E-state index contributed by atoms with van der Waals surface area (Å²) in [5, 5.41) is 19.7. The van der Waals surface area contributed by atoms with Crippen LogP contribution in [0.3, 0.4) is 0 Å². The zero-order valence-corrected chi connectivity index (χ0v) is 13.7. The van der Waals surface area contributed by atoms with Crippen LogP contribution >= 0.6 is 25.3 Å². The van der Waals surface area contributed by atoms with Crippen molar-refractivity contribution in [2.75, 3.05) is 11.5 Å². The number of phenolic OH excluding ortho intramolecular Hbond substituents is 1. The zero-order valence-electron chi connectivity index (χ0n) is 11.9. The third-order valence-corrected chi connectivity index (χ3v) is 4.18. The van der Waals surface area contributed by atoms with Gasteiger partial charge in [-0.3, -0.25) is 0 Å². The lowest BCUT2D eigenvalue weighted by Gasteiger charge is -2.13. The molecule has 0 unspecified atom stereocenters. The van der Waals surface area contributed by atoms with Crippen molar-refractivity contribution in [3.8, 4) is 5.75 Å². The second-order valence-corrected chi connectivity index (χ2v) is 5.91. The maximum atomic E-state index is 10.5. The molecule has 0 fully saturated rings. The predicted octanol–water partition coefficient (Wildman–Crippen LogP) is 4.70. The Kier molecular flexibility index (Phi) is 4.06. The number of thiol groups is 2. The molecular weight excluding hydrogens is 328 g/mol. The highest BCUT2D eigenvalue weighted by atomic mass is 32.1. The molecule has 0 aliphatic rings. The Hall–Kier alpha value is -2.38. The van der Waals surface area contributed by atoms with Gasteiger partial charge < -0.3 is 16.6 Å². The van der Waals surface area contributed by atoms with Gasteiger partial charge in [0.1, 0.15) is 5.69 Å². The van der Waals surface area contributed by atoms with E-state index < -0.39 is 0 Å². The predicted molar refractivity (Wildman–Crippen MR) is 99.6 cm³/mol. The number of hydrogen-bond donors (Lipinski definition) is 5. The normalized spacial score (nSPS) is 11.4. The Morgan fingerprint density at radius 1 is 0.870 bits per heavy atom. The molecule has 3 rings (SSSR count). The van der Waals surface area contributed by atoms with Crippen LogP contribution in [-0.2, 0) is 0 Å². The minimum Gasteiger partial charge on any atom is -0.505 e. The number of nitrogens with two attached hydrogens (primary N) is 2. The molecule has 0 atom stereocenters. The second kappa shape index (κ2) is 6.02. The van der Waals surface area contributed by atoms with E-state index in [1.54, 1.807) is 12.1 Å². The van der Waals surface area contributed by atoms with Crippen LogP contribution in [0.4, 0.5) is 22.7 Å². The van der Waals surface area contributed by atoms with Crippen molar-refractivity contribution in [3.05, 3.63) is 42.5 Å². The smallest absolute Gasteiger partial charge is 0.153 e. The van der Waals surface area contributed by atoms with E-state index in [0.29, 0.717) is 31.9 Å². The Bertz CT molecular complexity index is 927. The minimum atomic E-state index is -0.0879. The molecule has 0 radical (unpaired) electrons. The van der Waals surface area contributed by atoms with Crippen molar-refractivity contribution in [2.45, 2.75) is 9.79 Å². The topological polar surface area (TPSA) is 97.0 Å². The molecular formula is C16H14N4OS2. The number of rotatable bonds is 2. The number of nitrogens with zero attached hydrogens (tertiary/aromatic N) is 2. The van der Waals surface area contributed by atoms with E-state index in [9.17, 15) is 5.11 Å². The molecule has 23 heavy (non-hydrogen) atoms. The first kappa shape index (κ1) is 15.5. The molecule has 5 N–H and O–H groups in total. The average molecular weight is 342 g/mol. The van der Waals surface area contributed by atoms with Gasteiger partial charge in [0.25, 0.3) is 0 Å². The molecule has 0 aromatic heterocycles. The molecule has 0 aliphatic heterocycles. The van der Waals surface area contributed by atoms with Crippen LogP contribution < -0.4 is 11.5 Å². The highest BCUT2D eigenvalue weighted by Crippen LogP contribution is 2.45. The van der Waals surface area contributed by atoms with E-state index in [1.807, 2.05) is 30.3 Å². The first-order valence-corrected chi connectivity index (χ1v) is 7.61. The monoisotopic (exact) mass is 342 g/mol. The fourth-order valence-electron chi connectivity index (χ4n) is 2.25.